The van der Waals surface area contributed by atoms with Crippen molar-refractivity contribution < 1.29 is 4.79 Å². The summed E-state index contributed by atoms with van der Waals surface area (Å²) in [6.07, 6.45) is 0. The molecule has 2 rings (SSSR count). The molecule has 1 N–H and O–H groups in total. The second-order valence-electron chi connectivity index (χ2n) is 3.72. The van der Waals surface area contributed by atoms with Crippen LogP contribution in [0.5, 0.6) is 0 Å². The monoisotopic (exact) mass is 299 g/mol. The number of rotatable bonds is 4. The summed E-state index contributed by atoms with van der Waals surface area (Å²) in [4.78, 5) is 12.9. The largest absolute Gasteiger partial charge is 0.347 e. The average Bonchev–Trinajstić information content (AvgIpc) is 2.82. The van der Waals surface area contributed by atoms with E-state index in [1.54, 1.807) is 12.1 Å². The van der Waals surface area contributed by atoms with Crippen LogP contribution in [-0.2, 0) is 12.4 Å². The SMILES string of the molecule is O=C(NCc1ccc(Cl)s1)c1cccc(CCl)c1. The smallest absolute Gasteiger partial charge is 0.251 e. The van der Waals surface area contributed by atoms with Crippen LogP contribution >= 0.6 is 34.5 Å². The summed E-state index contributed by atoms with van der Waals surface area (Å²) in [5.41, 5.74) is 1.55. The van der Waals surface area contributed by atoms with Gasteiger partial charge >= 0.3 is 0 Å². The van der Waals surface area contributed by atoms with Crippen molar-refractivity contribution in [2.24, 2.45) is 0 Å². The van der Waals surface area contributed by atoms with Gasteiger partial charge in [-0.3, -0.25) is 4.79 Å². The van der Waals surface area contributed by atoms with Gasteiger partial charge in [0.15, 0.2) is 0 Å². The average molecular weight is 300 g/mol. The second-order valence-corrected chi connectivity index (χ2v) is 5.79. The highest BCUT2D eigenvalue weighted by atomic mass is 35.5. The summed E-state index contributed by atoms with van der Waals surface area (Å²) in [7, 11) is 0. The zero-order chi connectivity index (χ0) is 13.0. The van der Waals surface area contributed by atoms with E-state index in [4.69, 9.17) is 23.2 Å². The van der Waals surface area contributed by atoms with E-state index in [1.807, 2.05) is 24.3 Å². The van der Waals surface area contributed by atoms with E-state index in [0.717, 1.165) is 14.8 Å². The molecule has 0 fully saturated rings. The van der Waals surface area contributed by atoms with E-state index >= 15 is 0 Å². The molecule has 0 bridgehead atoms. The maximum Gasteiger partial charge on any atom is 0.251 e. The molecule has 94 valence electrons. The first-order chi connectivity index (χ1) is 8.69. The van der Waals surface area contributed by atoms with Gasteiger partial charge in [0.25, 0.3) is 5.91 Å². The van der Waals surface area contributed by atoms with E-state index in [1.165, 1.54) is 11.3 Å². The second kappa shape index (κ2) is 6.23. The van der Waals surface area contributed by atoms with Gasteiger partial charge in [-0.1, -0.05) is 23.7 Å². The number of amides is 1. The summed E-state index contributed by atoms with van der Waals surface area (Å²) in [5.74, 6) is 0.299. The first-order valence-corrected chi connectivity index (χ1v) is 7.09. The van der Waals surface area contributed by atoms with E-state index < -0.39 is 0 Å². The topological polar surface area (TPSA) is 29.1 Å². The Labute approximate surface area is 120 Å². The quantitative estimate of drug-likeness (QED) is 0.847. The predicted molar refractivity (Wildman–Crippen MR) is 76.5 cm³/mol. The number of thiophene rings is 1. The summed E-state index contributed by atoms with van der Waals surface area (Å²) in [6.45, 7) is 0.487. The van der Waals surface area contributed by atoms with Gasteiger partial charge in [0.2, 0.25) is 0 Å². The molecule has 2 aromatic rings. The molecule has 0 saturated heterocycles. The van der Waals surface area contributed by atoms with Gasteiger partial charge in [0.05, 0.1) is 10.9 Å². The molecule has 0 aliphatic heterocycles. The normalized spacial score (nSPS) is 10.3. The van der Waals surface area contributed by atoms with Crippen LogP contribution in [0.15, 0.2) is 36.4 Å². The molecule has 0 radical (unpaired) electrons. The van der Waals surface area contributed by atoms with E-state index in [9.17, 15) is 4.79 Å². The van der Waals surface area contributed by atoms with Crippen LogP contribution in [0.1, 0.15) is 20.8 Å². The number of hydrogen-bond acceptors (Lipinski definition) is 2. The highest BCUT2D eigenvalue weighted by Crippen LogP contribution is 2.21. The maximum absolute atomic E-state index is 11.9. The van der Waals surface area contributed by atoms with Crippen LogP contribution < -0.4 is 5.32 Å². The Morgan fingerprint density at radius 2 is 2.11 bits per heavy atom. The zero-order valence-corrected chi connectivity index (χ0v) is 11.8. The number of halogens is 2. The van der Waals surface area contributed by atoms with E-state index in [0.29, 0.717) is 18.0 Å². The zero-order valence-electron chi connectivity index (χ0n) is 9.45. The fraction of sp³-hybridized carbons (Fsp3) is 0.154. The summed E-state index contributed by atoms with van der Waals surface area (Å²) < 4.78 is 0.725. The van der Waals surface area contributed by atoms with Gasteiger partial charge in [-0.2, -0.15) is 0 Å². The lowest BCUT2D eigenvalue weighted by atomic mass is 10.1. The summed E-state index contributed by atoms with van der Waals surface area (Å²) >= 11 is 13.0. The Morgan fingerprint density at radius 1 is 1.28 bits per heavy atom. The molecule has 0 saturated carbocycles. The Kier molecular flexibility index (Phi) is 4.64. The number of hydrogen-bond donors (Lipinski definition) is 1. The van der Waals surface area contributed by atoms with Gasteiger partial charge in [0.1, 0.15) is 0 Å². The minimum atomic E-state index is -0.105. The summed E-state index contributed by atoms with van der Waals surface area (Å²) in [5, 5.41) is 2.85. The molecule has 0 spiro atoms. The van der Waals surface area contributed by atoms with Crippen molar-refractivity contribution in [3.8, 4) is 0 Å². The van der Waals surface area contributed by atoms with Crippen molar-refractivity contribution in [3.63, 3.8) is 0 Å². The number of benzene rings is 1. The lowest BCUT2D eigenvalue weighted by Gasteiger charge is -2.04. The Bertz CT molecular complexity index is 553. The first kappa shape index (κ1) is 13.4. The Balaban J connectivity index is 1.99. The molecule has 0 atom stereocenters. The van der Waals surface area contributed by atoms with Crippen molar-refractivity contribution in [2.45, 2.75) is 12.4 Å². The Hall–Kier alpha value is -1.03. The lowest BCUT2D eigenvalue weighted by molar-refractivity contribution is 0.0951. The van der Waals surface area contributed by atoms with Crippen molar-refractivity contribution >= 4 is 40.4 Å². The molecule has 5 heteroatoms. The van der Waals surface area contributed by atoms with Gasteiger partial charge in [-0.05, 0) is 29.8 Å². The van der Waals surface area contributed by atoms with Crippen LogP contribution in [0.25, 0.3) is 0 Å². The minimum absolute atomic E-state index is 0.105. The molecule has 2 nitrogen and oxygen atoms in total. The molecule has 0 aliphatic rings. The molecule has 1 amide bonds. The molecule has 0 aliphatic carbocycles. The van der Waals surface area contributed by atoms with Gasteiger partial charge < -0.3 is 5.32 Å². The number of carbonyl (C=O) groups excluding carboxylic acids is 1. The van der Waals surface area contributed by atoms with Crippen molar-refractivity contribution in [3.05, 3.63) is 56.7 Å². The fourth-order valence-electron chi connectivity index (χ4n) is 1.51. The third-order valence-corrected chi connectivity index (χ3v) is 3.94. The molecular formula is C13H11Cl2NOS. The number of carbonyl (C=O) groups is 1. The van der Waals surface area contributed by atoms with Crippen LogP contribution in [0.3, 0.4) is 0 Å². The number of nitrogens with one attached hydrogen (secondary N) is 1. The first-order valence-electron chi connectivity index (χ1n) is 5.36. The Morgan fingerprint density at radius 3 is 2.78 bits per heavy atom. The van der Waals surface area contributed by atoms with Crippen molar-refractivity contribution in [1.82, 2.24) is 5.32 Å². The van der Waals surface area contributed by atoms with Gasteiger partial charge in [-0.15, -0.1) is 22.9 Å². The van der Waals surface area contributed by atoms with Crippen LogP contribution in [0.2, 0.25) is 4.34 Å². The summed E-state index contributed by atoms with van der Waals surface area (Å²) in [6, 6.07) is 11.0. The minimum Gasteiger partial charge on any atom is -0.347 e. The van der Waals surface area contributed by atoms with Gasteiger partial charge in [-0.25, -0.2) is 0 Å². The third kappa shape index (κ3) is 3.48. The fourth-order valence-corrected chi connectivity index (χ4v) is 2.71. The molecule has 0 unspecified atom stereocenters. The van der Waals surface area contributed by atoms with E-state index in [2.05, 4.69) is 5.32 Å². The van der Waals surface area contributed by atoms with Crippen LogP contribution in [-0.4, -0.2) is 5.91 Å². The van der Waals surface area contributed by atoms with Crippen LogP contribution in [0.4, 0.5) is 0 Å². The highest BCUT2D eigenvalue weighted by molar-refractivity contribution is 7.16. The molecule has 18 heavy (non-hydrogen) atoms. The lowest BCUT2D eigenvalue weighted by Crippen LogP contribution is -2.22. The third-order valence-electron chi connectivity index (χ3n) is 2.40. The van der Waals surface area contributed by atoms with E-state index in [-0.39, 0.29) is 5.91 Å². The molecule has 1 heterocycles. The molecular weight excluding hydrogens is 289 g/mol. The van der Waals surface area contributed by atoms with Crippen LogP contribution in [0, 0.1) is 0 Å². The van der Waals surface area contributed by atoms with Gasteiger partial charge in [0, 0.05) is 16.3 Å². The highest BCUT2D eigenvalue weighted by Gasteiger charge is 2.06. The standard InChI is InChI=1S/C13H11Cl2NOS/c14-7-9-2-1-3-10(6-9)13(17)16-8-11-4-5-12(15)18-11/h1-6H,7-8H2,(H,16,17). The van der Waals surface area contributed by atoms with Crippen molar-refractivity contribution in [2.75, 3.05) is 0 Å². The maximum atomic E-state index is 11.9. The molecule has 1 aromatic heterocycles. The molecule has 1 aromatic carbocycles. The number of alkyl halides is 1. The predicted octanol–water partition coefficient (Wildman–Crippen LogP) is 4.07. The van der Waals surface area contributed by atoms with Crippen molar-refractivity contribution in [1.29, 1.82) is 0 Å².